The number of halogens is 1. The third-order valence-corrected chi connectivity index (χ3v) is 7.53. The van der Waals surface area contributed by atoms with Gasteiger partial charge in [-0.3, -0.25) is 14.4 Å². The zero-order valence-electron chi connectivity index (χ0n) is 17.4. The third kappa shape index (κ3) is 3.92. The van der Waals surface area contributed by atoms with Crippen molar-refractivity contribution in [2.45, 2.75) is 25.7 Å². The molecule has 2 N–H and O–H groups in total. The van der Waals surface area contributed by atoms with Gasteiger partial charge in [-0.1, -0.05) is 28.1 Å². The lowest BCUT2D eigenvalue weighted by molar-refractivity contribution is -0.131. The van der Waals surface area contributed by atoms with Crippen LogP contribution in [0, 0.1) is 29.1 Å². The average Bonchev–Trinajstić information content (AvgIpc) is 3.38. The van der Waals surface area contributed by atoms with Crippen LogP contribution in [-0.4, -0.2) is 43.3 Å². The molecule has 0 radical (unpaired) electrons. The normalized spacial score (nSPS) is 27.2. The Labute approximate surface area is 185 Å². The van der Waals surface area contributed by atoms with Crippen LogP contribution in [0.5, 0.6) is 0 Å². The number of nitrogens with one attached hydrogen (secondary N) is 2. The van der Waals surface area contributed by atoms with Crippen molar-refractivity contribution < 1.29 is 14.4 Å². The Kier molecular flexibility index (Phi) is 5.75. The highest BCUT2D eigenvalue weighted by molar-refractivity contribution is 9.10. The second-order valence-corrected chi connectivity index (χ2v) is 9.86. The molecule has 1 spiro atoms. The number of amides is 3. The maximum absolute atomic E-state index is 13.2. The SMILES string of the molecule is CN(C)C(=O)CCC(=O)NC[C@H]1[C@H](C(=O)Nc2ccc(Br)cc2)[C@@H]2C=C[C@H]1C21CC1. The molecule has 0 saturated heterocycles. The molecule has 6 nitrogen and oxygen atoms in total. The Bertz CT molecular complexity index is 876. The first-order valence-corrected chi connectivity index (χ1v) is 11.3. The van der Waals surface area contributed by atoms with Gasteiger partial charge < -0.3 is 15.5 Å². The molecule has 160 valence electrons. The number of anilines is 1. The predicted molar refractivity (Wildman–Crippen MR) is 118 cm³/mol. The van der Waals surface area contributed by atoms with Gasteiger partial charge in [0.15, 0.2) is 0 Å². The monoisotopic (exact) mass is 473 g/mol. The summed E-state index contributed by atoms with van der Waals surface area (Å²) in [5, 5.41) is 6.07. The van der Waals surface area contributed by atoms with Crippen molar-refractivity contribution in [1.29, 1.82) is 0 Å². The molecule has 3 aliphatic carbocycles. The minimum absolute atomic E-state index is 0.0301. The summed E-state index contributed by atoms with van der Waals surface area (Å²) in [7, 11) is 3.37. The first kappa shape index (κ1) is 21.1. The second kappa shape index (κ2) is 8.17. The molecular formula is C23H28BrN3O3. The number of nitrogens with zero attached hydrogens (tertiary/aromatic N) is 1. The Balaban J connectivity index is 1.41. The first-order chi connectivity index (χ1) is 14.3. The molecule has 0 unspecified atom stereocenters. The van der Waals surface area contributed by atoms with E-state index in [1.54, 1.807) is 14.1 Å². The van der Waals surface area contributed by atoms with E-state index in [4.69, 9.17) is 0 Å². The van der Waals surface area contributed by atoms with Crippen LogP contribution in [0.3, 0.4) is 0 Å². The van der Waals surface area contributed by atoms with Gasteiger partial charge in [0.2, 0.25) is 17.7 Å². The van der Waals surface area contributed by atoms with Gasteiger partial charge in [0.1, 0.15) is 0 Å². The molecule has 30 heavy (non-hydrogen) atoms. The number of carbonyl (C=O) groups is 3. The molecule has 1 aromatic carbocycles. The van der Waals surface area contributed by atoms with Crippen molar-refractivity contribution in [2.75, 3.05) is 26.0 Å². The van der Waals surface area contributed by atoms with Gasteiger partial charge in [-0.05, 0) is 60.3 Å². The Morgan fingerprint density at radius 3 is 2.37 bits per heavy atom. The van der Waals surface area contributed by atoms with Gasteiger partial charge in [-0.2, -0.15) is 0 Å². The van der Waals surface area contributed by atoms with Crippen LogP contribution in [0.4, 0.5) is 5.69 Å². The third-order valence-electron chi connectivity index (χ3n) is 7.00. The van der Waals surface area contributed by atoms with Crippen LogP contribution < -0.4 is 10.6 Å². The highest BCUT2D eigenvalue weighted by Gasteiger charge is 2.68. The number of allylic oxidation sites excluding steroid dienone is 2. The van der Waals surface area contributed by atoms with E-state index in [9.17, 15) is 14.4 Å². The maximum atomic E-state index is 13.2. The number of hydrogen-bond acceptors (Lipinski definition) is 3. The lowest BCUT2D eigenvalue weighted by Crippen LogP contribution is -2.39. The number of hydrogen-bond donors (Lipinski definition) is 2. The Hall–Kier alpha value is -2.15. The van der Waals surface area contributed by atoms with Crippen molar-refractivity contribution in [3.63, 3.8) is 0 Å². The van der Waals surface area contributed by atoms with Crippen molar-refractivity contribution >= 4 is 39.3 Å². The largest absolute Gasteiger partial charge is 0.356 e. The molecule has 4 atom stereocenters. The fourth-order valence-electron chi connectivity index (χ4n) is 5.33. The number of carbonyl (C=O) groups excluding carboxylic acids is 3. The van der Waals surface area contributed by atoms with Crippen LogP contribution in [-0.2, 0) is 14.4 Å². The second-order valence-electron chi connectivity index (χ2n) is 8.95. The number of rotatable bonds is 7. The molecule has 4 rings (SSSR count). The topological polar surface area (TPSA) is 78.5 Å². The van der Waals surface area contributed by atoms with Crippen molar-refractivity contribution in [2.24, 2.45) is 29.1 Å². The van der Waals surface area contributed by atoms with Crippen LogP contribution >= 0.6 is 15.9 Å². The van der Waals surface area contributed by atoms with Gasteiger partial charge >= 0.3 is 0 Å². The molecule has 0 heterocycles. The highest BCUT2D eigenvalue weighted by Crippen LogP contribution is 2.71. The Morgan fingerprint density at radius 1 is 1.07 bits per heavy atom. The van der Waals surface area contributed by atoms with Crippen molar-refractivity contribution in [3.8, 4) is 0 Å². The van der Waals surface area contributed by atoms with Gasteiger partial charge in [0.05, 0.1) is 5.92 Å². The summed E-state index contributed by atoms with van der Waals surface area (Å²) in [6.07, 6.45) is 7.16. The molecule has 2 saturated carbocycles. The fraction of sp³-hybridized carbons (Fsp3) is 0.522. The van der Waals surface area contributed by atoms with Crippen LogP contribution in [0.1, 0.15) is 25.7 Å². The molecule has 2 fully saturated rings. The molecule has 3 amide bonds. The van der Waals surface area contributed by atoms with Crippen LogP contribution in [0.2, 0.25) is 0 Å². The minimum atomic E-state index is -0.144. The quantitative estimate of drug-likeness (QED) is 0.596. The van der Waals surface area contributed by atoms with E-state index in [1.165, 1.54) is 4.90 Å². The number of benzene rings is 1. The molecule has 0 aromatic heterocycles. The van der Waals surface area contributed by atoms with E-state index >= 15 is 0 Å². The average molecular weight is 474 g/mol. The van der Waals surface area contributed by atoms with Crippen molar-refractivity contribution in [1.82, 2.24) is 10.2 Å². The zero-order chi connectivity index (χ0) is 21.5. The van der Waals surface area contributed by atoms with E-state index in [1.807, 2.05) is 24.3 Å². The summed E-state index contributed by atoms with van der Waals surface area (Å²) in [5.74, 6) is 0.372. The minimum Gasteiger partial charge on any atom is -0.356 e. The molecule has 1 aromatic rings. The van der Waals surface area contributed by atoms with Gasteiger partial charge in [0, 0.05) is 43.6 Å². The van der Waals surface area contributed by atoms with Crippen LogP contribution in [0.25, 0.3) is 0 Å². The standard InChI is InChI=1S/C23H28BrN3O3/c1-27(2)20(29)10-9-19(28)25-13-16-17-7-8-18(23(17)11-12-23)21(16)22(30)26-15-5-3-14(24)4-6-15/h3-8,16-18,21H,9-13H2,1-2H3,(H,25,28)(H,26,30)/t16-,17-,18+,21+/m1/s1. The lowest BCUT2D eigenvalue weighted by atomic mass is 9.82. The van der Waals surface area contributed by atoms with E-state index in [0.29, 0.717) is 12.5 Å². The highest BCUT2D eigenvalue weighted by atomic mass is 79.9. The van der Waals surface area contributed by atoms with E-state index < -0.39 is 0 Å². The summed E-state index contributed by atoms with van der Waals surface area (Å²) < 4.78 is 0.966. The van der Waals surface area contributed by atoms with Crippen LogP contribution in [0.15, 0.2) is 40.9 Å². The summed E-state index contributed by atoms with van der Waals surface area (Å²) in [6.45, 7) is 0.473. The summed E-state index contributed by atoms with van der Waals surface area (Å²) in [5.41, 5.74) is 1.00. The maximum Gasteiger partial charge on any atom is 0.228 e. The summed E-state index contributed by atoms with van der Waals surface area (Å²) in [4.78, 5) is 38.8. The van der Waals surface area contributed by atoms with Crippen molar-refractivity contribution in [3.05, 3.63) is 40.9 Å². The molecule has 3 aliphatic rings. The van der Waals surface area contributed by atoms with E-state index in [-0.39, 0.29) is 53.7 Å². The first-order valence-electron chi connectivity index (χ1n) is 10.5. The Morgan fingerprint density at radius 2 is 1.73 bits per heavy atom. The smallest absolute Gasteiger partial charge is 0.228 e. The molecule has 0 aliphatic heterocycles. The molecule has 2 bridgehead atoms. The van der Waals surface area contributed by atoms with E-state index in [2.05, 4.69) is 38.7 Å². The zero-order valence-corrected chi connectivity index (χ0v) is 18.9. The predicted octanol–water partition coefficient (Wildman–Crippen LogP) is 3.20. The molecule has 7 heteroatoms. The fourth-order valence-corrected chi connectivity index (χ4v) is 5.59. The van der Waals surface area contributed by atoms with Gasteiger partial charge in [0.25, 0.3) is 0 Å². The van der Waals surface area contributed by atoms with Gasteiger partial charge in [-0.25, -0.2) is 0 Å². The summed E-state index contributed by atoms with van der Waals surface area (Å²) >= 11 is 3.41. The lowest BCUT2D eigenvalue weighted by Gasteiger charge is -2.27. The molecular weight excluding hydrogens is 446 g/mol. The van der Waals surface area contributed by atoms with E-state index in [0.717, 1.165) is 23.0 Å². The van der Waals surface area contributed by atoms with Gasteiger partial charge in [-0.15, -0.1) is 0 Å². The summed E-state index contributed by atoms with van der Waals surface area (Å²) in [6, 6.07) is 7.59.